The van der Waals surface area contributed by atoms with Gasteiger partial charge in [-0.25, -0.2) is 4.79 Å². The first-order chi connectivity index (χ1) is 20.0. The molecule has 3 heterocycles. The van der Waals surface area contributed by atoms with Crippen LogP contribution in [0.15, 0.2) is 84.9 Å². The van der Waals surface area contributed by atoms with Crippen molar-refractivity contribution in [1.82, 2.24) is 25.1 Å². The minimum atomic E-state index is -0.755. The molecule has 0 spiro atoms. The Morgan fingerprint density at radius 2 is 1.59 bits per heavy atom. The number of carbonyl (C=O) groups excluding carboxylic acids is 3. The smallest absolute Gasteiger partial charge is 0.332 e. The summed E-state index contributed by atoms with van der Waals surface area (Å²) in [6, 6.07) is 26.5. The van der Waals surface area contributed by atoms with Gasteiger partial charge in [-0.2, -0.15) is 5.01 Å². The lowest BCUT2D eigenvalue weighted by Gasteiger charge is -2.45. The third-order valence-corrected chi connectivity index (χ3v) is 8.29. The Kier molecular flexibility index (Phi) is 7.61. The maximum absolute atomic E-state index is 14.0. The van der Waals surface area contributed by atoms with Crippen LogP contribution in [0.2, 0.25) is 0 Å². The maximum Gasteiger partial charge on any atom is 0.332 e. The molecule has 3 aliphatic heterocycles. The van der Waals surface area contributed by atoms with Gasteiger partial charge in [-0.3, -0.25) is 14.6 Å². The van der Waals surface area contributed by atoms with Gasteiger partial charge in [0.05, 0.1) is 13.1 Å². The highest BCUT2D eigenvalue weighted by Gasteiger charge is 2.52. The average Bonchev–Trinajstić information content (AvgIpc) is 3.66. The lowest BCUT2D eigenvalue weighted by molar-refractivity contribution is -0.157. The zero-order valence-electron chi connectivity index (χ0n) is 23.4. The topological polar surface area (TPSA) is 79.4 Å². The minimum absolute atomic E-state index is 0.0226. The number of amides is 4. The number of hydrogen-bond acceptors (Lipinski definition) is 5. The Bertz CT molecular complexity index is 1390. The van der Waals surface area contributed by atoms with Gasteiger partial charge in [-0.15, -0.1) is 0 Å². The molecule has 41 heavy (non-hydrogen) atoms. The van der Waals surface area contributed by atoms with E-state index in [1.807, 2.05) is 65.6 Å². The summed E-state index contributed by atoms with van der Waals surface area (Å²) >= 11 is 0. The van der Waals surface area contributed by atoms with Crippen LogP contribution in [0, 0.1) is 0 Å². The number of nitrogens with one attached hydrogen (secondary N) is 1. The number of anilines is 1. The lowest BCUT2D eigenvalue weighted by Crippen LogP contribution is -2.62. The van der Waals surface area contributed by atoms with E-state index >= 15 is 0 Å². The summed E-state index contributed by atoms with van der Waals surface area (Å²) < 4.78 is 0. The molecule has 3 aliphatic rings. The van der Waals surface area contributed by atoms with E-state index in [1.54, 1.807) is 17.0 Å². The van der Waals surface area contributed by atoms with Gasteiger partial charge in [-0.05, 0) is 41.7 Å². The molecule has 3 saturated heterocycles. The second kappa shape index (κ2) is 11.6. The van der Waals surface area contributed by atoms with Crippen molar-refractivity contribution >= 4 is 23.5 Å². The second-order valence-electron chi connectivity index (χ2n) is 10.9. The molecule has 212 valence electrons. The molecule has 0 unspecified atom stereocenters. The maximum atomic E-state index is 14.0. The molecule has 0 aliphatic carbocycles. The summed E-state index contributed by atoms with van der Waals surface area (Å²) in [4.78, 5) is 46.6. The Labute approximate surface area is 240 Å². The van der Waals surface area contributed by atoms with Crippen LogP contribution in [0.4, 0.5) is 10.5 Å². The highest BCUT2D eigenvalue weighted by atomic mass is 16.2. The molecule has 3 aromatic carbocycles. The van der Waals surface area contributed by atoms with Crippen LogP contribution in [0.3, 0.4) is 0 Å². The summed E-state index contributed by atoms with van der Waals surface area (Å²) in [5.41, 5.74) is 3.98. The SMILES string of the molecule is CN(C(=O)NCc1ccccc1)N1CC(=O)N2[C@@H](c3ccccc3)C(=O)N(Cc3cccc(N4CCCC4)c3)C[C@@H]21. The molecular formula is C32H36N6O3. The van der Waals surface area contributed by atoms with Gasteiger partial charge in [0.25, 0.3) is 5.91 Å². The van der Waals surface area contributed by atoms with E-state index < -0.39 is 12.2 Å². The molecule has 0 bridgehead atoms. The normalized spacial score (nSPS) is 20.9. The van der Waals surface area contributed by atoms with Crippen molar-refractivity contribution < 1.29 is 14.4 Å². The van der Waals surface area contributed by atoms with Gasteiger partial charge in [0.1, 0.15) is 12.2 Å². The molecule has 0 aromatic heterocycles. The number of benzene rings is 3. The quantitative estimate of drug-likeness (QED) is 0.485. The van der Waals surface area contributed by atoms with E-state index in [0.29, 0.717) is 19.6 Å². The van der Waals surface area contributed by atoms with Crippen LogP contribution in [0.25, 0.3) is 0 Å². The average molecular weight is 553 g/mol. The van der Waals surface area contributed by atoms with Crippen molar-refractivity contribution in [3.05, 3.63) is 102 Å². The first kappa shape index (κ1) is 26.8. The van der Waals surface area contributed by atoms with Crippen molar-refractivity contribution in [2.24, 2.45) is 0 Å². The van der Waals surface area contributed by atoms with Gasteiger partial charge >= 0.3 is 6.03 Å². The van der Waals surface area contributed by atoms with Crippen LogP contribution in [-0.4, -0.2) is 77.1 Å². The molecule has 0 saturated carbocycles. The predicted molar refractivity (Wildman–Crippen MR) is 156 cm³/mol. The van der Waals surface area contributed by atoms with Crippen molar-refractivity contribution in [2.75, 3.05) is 38.1 Å². The molecule has 3 fully saturated rings. The summed E-state index contributed by atoms with van der Waals surface area (Å²) in [6.07, 6.45) is 1.92. The number of hydrazine groups is 1. The first-order valence-electron chi connectivity index (χ1n) is 14.3. The third kappa shape index (κ3) is 5.50. The number of rotatable bonds is 7. The van der Waals surface area contributed by atoms with Crippen molar-refractivity contribution in [3.63, 3.8) is 0 Å². The van der Waals surface area contributed by atoms with Crippen LogP contribution in [0.1, 0.15) is 35.6 Å². The lowest BCUT2D eigenvalue weighted by atomic mass is 10.00. The van der Waals surface area contributed by atoms with Crippen molar-refractivity contribution in [2.45, 2.75) is 38.1 Å². The fourth-order valence-electron chi connectivity index (χ4n) is 6.15. The number of hydrogen-bond donors (Lipinski definition) is 1. The Balaban J connectivity index is 1.25. The Morgan fingerprint density at radius 1 is 0.902 bits per heavy atom. The molecule has 9 heteroatoms. The fraction of sp³-hybridized carbons (Fsp3) is 0.344. The molecule has 1 N–H and O–H groups in total. The Morgan fingerprint density at radius 3 is 2.32 bits per heavy atom. The van der Waals surface area contributed by atoms with Crippen molar-refractivity contribution in [3.8, 4) is 0 Å². The number of piperazine rings is 1. The zero-order valence-corrected chi connectivity index (χ0v) is 23.4. The van der Waals surface area contributed by atoms with Crippen LogP contribution < -0.4 is 10.2 Å². The minimum Gasteiger partial charge on any atom is -0.372 e. The third-order valence-electron chi connectivity index (χ3n) is 8.29. The number of urea groups is 1. The molecule has 6 rings (SSSR count). The van der Waals surface area contributed by atoms with E-state index in [4.69, 9.17) is 0 Å². The molecule has 2 atom stereocenters. The number of fused-ring (bicyclic) bond motifs is 1. The molecular weight excluding hydrogens is 516 g/mol. The van der Waals surface area contributed by atoms with Gasteiger partial charge in [-0.1, -0.05) is 72.8 Å². The van der Waals surface area contributed by atoms with Gasteiger partial charge < -0.3 is 20.0 Å². The first-order valence-corrected chi connectivity index (χ1v) is 14.3. The van der Waals surface area contributed by atoms with E-state index in [0.717, 1.165) is 29.8 Å². The predicted octanol–water partition coefficient (Wildman–Crippen LogP) is 3.60. The molecule has 9 nitrogen and oxygen atoms in total. The van der Waals surface area contributed by atoms with Gasteiger partial charge in [0, 0.05) is 38.9 Å². The monoisotopic (exact) mass is 552 g/mol. The van der Waals surface area contributed by atoms with Gasteiger partial charge in [0.15, 0.2) is 0 Å². The Hall–Kier alpha value is -4.37. The van der Waals surface area contributed by atoms with Crippen LogP contribution in [0.5, 0.6) is 0 Å². The van der Waals surface area contributed by atoms with Gasteiger partial charge in [0.2, 0.25) is 5.91 Å². The van der Waals surface area contributed by atoms with E-state index in [9.17, 15) is 14.4 Å². The highest BCUT2D eigenvalue weighted by molar-refractivity contribution is 5.92. The van der Waals surface area contributed by atoms with E-state index in [2.05, 4.69) is 34.5 Å². The van der Waals surface area contributed by atoms with Crippen molar-refractivity contribution in [1.29, 1.82) is 0 Å². The summed E-state index contributed by atoms with van der Waals surface area (Å²) in [5, 5.41) is 6.21. The van der Waals surface area contributed by atoms with E-state index in [-0.39, 0.29) is 24.4 Å². The number of carbonyl (C=O) groups is 3. The molecule has 4 amide bonds. The second-order valence-corrected chi connectivity index (χ2v) is 10.9. The summed E-state index contributed by atoms with van der Waals surface area (Å²) in [7, 11) is 1.68. The summed E-state index contributed by atoms with van der Waals surface area (Å²) in [5.74, 6) is -0.277. The number of nitrogens with zero attached hydrogens (tertiary/aromatic N) is 5. The fourth-order valence-corrected chi connectivity index (χ4v) is 6.15. The summed E-state index contributed by atoms with van der Waals surface area (Å²) in [6.45, 7) is 3.24. The standard InChI is InChI=1S/C32H36N6O3/c1-34(32(41)33-20-24-11-4-2-5-12-24)37-23-29(39)38-28(37)22-36(31(40)30(38)26-14-6-3-7-15-26)21-25-13-10-16-27(19-25)35-17-8-9-18-35/h2-7,10-16,19,28,30H,8-9,17-18,20-23H2,1H3,(H,33,41)/t28-,30+/m1/s1. The zero-order chi connectivity index (χ0) is 28.3. The molecule has 0 radical (unpaired) electrons. The highest BCUT2D eigenvalue weighted by Crippen LogP contribution is 2.36. The van der Waals surface area contributed by atoms with Crippen LogP contribution >= 0.6 is 0 Å². The largest absolute Gasteiger partial charge is 0.372 e. The van der Waals surface area contributed by atoms with E-state index in [1.165, 1.54) is 23.5 Å². The van der Waals surface area contributed by atoms with Crippen LogP contribution in [-0.2, 0) is 22.7 Å². The molecule has 3 aromatic rings.